The van der Waals surface area contributed by atoms with Crippen molar-refractivity contribution in [2.75, 3.05) is 12.8 Å². The average Bonchev–Trinajstić information content (AvgIpc) is 2.88. The Labute approximate surface area is 132 Å². The standard InChI is InChI=1S/C16H16N4O3/c1-20-8-7-11-13(19-16(17)18-11)12(15(20)22)14(21)9-3-5-10(23-2)6-4-9/h3-8,14,21H,1-2H3,(H2,17,19). The highest BCUT2D eigenvalue weighted by atomic mass is 16.5. The van der Waals surface area contributed by atoms with Crippen LogP contribution in [0.4, 0.5) is 5.95 Å². The predicted molar refractivity (Wildman–Crippen MR) is 85.4 cm³/mol. The number of imidazole rings is 1. The van der Waals surface area contributed by atoms with Crippen LogP contribution in [0.1, 0.15) is 17.2 Å². The Bertz CT molecular complexity index is 874. The number of aryl methyl sites for hydroxylation is 1. The van der Waals surface area contributed by atoms with Crippen molar-refractivity contribution in [1.82, 2.24) is 14.5 Å². The molecule has 2 aliphatic rings. The van der Waals surface area contributed by atoms with Gasteiger partial charge >= 0.3 is 0 Å². The number of anilines is 1. The van der Waals surface area contributed by atoms with Gasteiger partial charge < -0.3 is 20.1 Å². The number of nitrogens with zero attached hydrogens (tertiary/aromatic N) is 3. The topological polar surface area (TPSA) is 103 Å². The minimum atomic E-state index is -1.15. The molecule has 7 nitrogen and oxygen atoms in total. The van der Waals surface area contributed by atoms with Gasteiger partial charge in [-0.05, 0) is 23.8 Å². The van der Waals surface area contributed by atoms with Gasteiger partial charge in [-0.3, -0.25) is 4.79 Å². The largest absolute Gasteiger partial charge is 0.497 e. The summed E-state index contributed by atoms with van der Waals surface area (Å²) in [6, 6.07) is 8.47. The predicted octanol–water partition coefficient (Wildman–Crippen LogP) is 0.953. The first-order valence-corrected chi connectivity index (χ1v) is 6.96. The summed E-state index contributed by atoms with van der Waals surface area (Å²) in [5, 5.41) is 10.7. The van der Waals surface area contributed by atoms with Gasteiger partial charge in [-0.1, -0.05) is 12.1 Å². The summed E-state index contributed by atoms with van der Waals surface area (Å²) in [7, 11) is 3.17. The Hall–Kier alpha value is -2.93. The Morgan fingerprint density at radius 2 is 1.91 bits per heavy atom. The number of hydrogen-bond donors (Lipinski definition) is 2. The van der Waals surface area contributed by atoms with Crippen molar-refractivity contribution in [2.45, 2.75) is 6.10 Å². The van der Waals surface area contributed by atoms with E-state index >= 15 is 0 Å². The van der Waals surface area contributed by atoms with Gasteiger partial charge in [0.15, 0.2) is 0 Å². The molecular formula is C16H16N4O3. The van der Waals surface area contributed by atoms with Crippen molar-refractivity contribution in [3.05, 3.63) is 58.0 Å². The van der Waals surface area contributed by atoms with E-state index in [9.17, 15) is 9.90 Å². The number of methoxy groups -OCH3 is 1. The Balaban J connectivity index is 2.20. The summed E-state index contributed by atoms with van der Waals surface area (Å²) in [6.07, 6.45) is 0.425. The molecule has 3 N–H and O–H groups in total. The molecule has 0 bridgehead atoms. The number of aromatic nitrogens is 3. The fourth-order valence-corrected chi connectivity index (χ4v) is 2.43. The lowest BCUT2D eigenvalue weighted by Crippen LogP contribution is -2.21. The van der Waals surface area contributed by atoms with E-state index in [1.807, 2.05) is 0 Å². The number of aliphatic hydroxyl groups is 1. The first kappa shape index (κ1) is 15.0. The van der Waals surface area contributed by atoms with Gasteiger partial charge in [0.2, 0.25) is 5.95 Å². The summed E-state index contributed by atoms with van der Waals surface area (Å²) in [5.41, 5.74) is 6.73. The molecule has 1 aromatic rings. The van der Waals surface area contributed by atoms with Crippen LogP contribution in [0.3, 0.4) is 0 Å². The van der Waals surface area contributed by atoms with Crippen molar-refractivity contribution in [2.24, 2.45) is 7.05 Å². The molecule has 3 rings (SSSR count). The molecule has 118 valence electrons. The molecule has 0 amide bonds. The Morgan fingerprint density at radius 3 is 2.57 bits per heavy atom. The quantitative estimate of drug-likeness (QED) is 0.746. The minimum Gasteiger partial charge on any atom is -0.497 e. The SMILES string of the molecule is COc1ccc(C(O)c2c3nc(N)nc-3ccn(C)c2=O)cc1. The van der Waals surface area contributed by atoms with Gasteiger partial charge in [0.05, 0.1) is 18.4 Å². The van der Waals surface area contributed by atoms with E-state index in [4.69, 9.17) is 10.5 Å². The van der Waals surface area contributed by atoms with Gasteiger partial charge in [0.1, 0.15) is 17.5 Å². The molecule has 1 atom stereocenters. The second-order valence-corrected chi connectivity index (χ2v) is 5.14. The van der Waals surface area contributed by atoms with Crippen molar-refractivity contribution < 1.29 is 9.84 Å². The van der Waals surface area contributed by atoms with Crippen LogP contribution in [0.25, 0.3) is 11.4 Å². The van der Waals surface area contributed by atoms with E-state index in [2.05, 4.69) is 9.97 Å². The highest BCUT2D eigenvalue weighted by Crippen LogP contribution is 2.29. The van der Waals surface area contributed by atoms with Crippen LogP contribution in [0.2, 0.25) is 0 Å². The lowest BCUT2D eigenvalue weighted by Gasteiger charge is -2.12. The number of nitrogens with two attached hydrogens (primary N) is 1. The number of nitrogen functional groups attached to an aromatic ring is 1. The molecule has 0 saturated carbocycles. The van der Waals surface area contributed by atoms with Crippen molar-refractivity contribution in [1.29, 1.82) is 0 Å². The Morgan fingerprint density at radius 1 is 1.22 bits per heavy atom. The monoisotopic (exact) mass is 312 g/mol. The molecule has 1 unspecified atom stereocenters. The normalized spacial score (nSPS) is 12.3. The second kappa shape index (κ2) is 5.69. The van der Waals surface area contributed by atoms with Gasteiger partial charge in [0.25, 0.3) is 5.56 Å². The molecule has 2 aliphatic heterocycles. The maximum Gasteiger partial charge on any atom is 0.258 e. The van der Waals surface area contributed by atoms with E-state index in [1.54, 1.807) is 50.7 Å². The lowest BCUT2D eigenvalue weighted by atomic mass is 10.0. The fourth-order valence-electron chi connectivity index (χ4n) is 2.43. The molecule has 0 fully saturated rings. The number of rotatable bonds is 3. The molecule has 0 aromatic heterocycles. The zero-order valence-electron chi connectivity index (χ0n) is 12.7. The lowest BCUT2D eigenvalue weighted by molar-refractivity contribution is 0.218. The fraction of sp³-hybridized carbons (Fsp3) is 0.188. The van der Waals surface area contributed by atoms with E-state index < -0.39 is 6.10 Å². The number of ether oxygens (including phenoxy) is 1. The van der Waals surface area contributed by atoms with Crippen LogP contribution in [-0.4, -0.2) is 26.8 Å². The van der Waals surface area contributed by atoms with Crippen molar-refractivity contribution in [3.63, 3.8) is 0 Å². The average molecular weight is 312 g/mol. The highest BCUT2D eigenvalue weighted by molar-refractivity contribution is 5.64. The highest BCUT2D eigenvalue weighted by Gasteiger charge is 2.24. The minimum absolute atomic E-state index is 0.0661. The zero-order chi connectivity index (χ0) is 16.6. The van der Waals surface area contributed by atoms with E-state index in [-0.39, 0.29) is 17.1 Å². The molecule has 0 aliphatic carbocycles. The van der Waals surface area contributed by atoms with E-state index in [0.717, 1.165) is 0 Å². The first-order valence-electron chi connectivity index (χ1n) is 6.96. The van der Waals surface area contributed by atoms with Crippen LogP contribution in [0.5, 0.6) is 5.75 Å². The third-order valence-electron chi connectivity index (χ3n) is 3.67. The van der Waals surface area contributed by atoms with Gasteiger partial charge in [-0.2, -0.15) is 0 Å². The van der Waals surface area contributed by atoms with E-state index in [0.29, 0.717) is 22.7 Å². The number of fused-ring (bicyclic) bond motifs is 1. The maximum absolute atomic E-state index is 12.6. The summed E-state index contributed by atoms with van der Waals surface area (Å²) >= 11 is 0. The Kier molecular flexibility index (Phi) is 3.71. The first-order chi connectivity index (χ1) is 11.0. The number of hydrogen-bond acceptors (Lipinski definition) is 6. The third-order valence-corrected chi connectivity index (χ3v) is 3.67. The third kappa shape index (κ3) is 2.62. The molecule has 0 radical (unpaired) electrons. The van der Waals surface area contributed by atoms with Crippen molar-refractivity contribution in [3.8, 4) is 17.1 Å². The molecule has 0 spiro atoms. The smallest absolute Gasteiger partial charge is 0.258 e. The summed E-state index contributed by atoms with van der Waals surface area (Å²) in [5.74, 6) is 0.728. The molecule has 0 saturated heterocycles. The molecule has 7 heteroatoms. The van der Waals surface area contributed by atoms with Crippen LogP contribution in [0, 0.1) is 0 Å². The van der Waals surface area contributed by atoms with Crippen molar-refractivity contribution >= 4 is 5.95 Å². The second-order valence-electron chi connectivity index (χ2n) is 5.14. The van der Waals surface area contributed by atoms with E-state index in [1.165, 1.54) is 4.57 Å². The van der Waals surface area contributed by atoms with Gasteiger partial charge in [-0.15, -0.1) is 0 Å². The van der Waals surface area contributed by atoms with Crippen LogP contribution < -0.4 is 16.0 Å². The molecular weight excluding hydrogens is 296 g/mol. The molecule has 1 aromatic carbocycles. The number of aliphatic hydroxyl groups excluding tert-OH is 1. The summed E-state index contributed by atoms with van der Waals surface area (Å²) in [6.45, 7) is 0. The van der Waals surface area contributed by atoms with Gasteiger partial charge in [-0.25, -0.2) is 9.97 Å². The molecule has 23 heavy (non-hydrogen) atoms. The van der Waals surface area contributed by atoms with Crippen LogP contribution >= 0.6 is 0 Å². The summed E-state index contributed by atoms with van der Waals surface area (Å²) < 4.78 is 6.48. The maximum atomic E-state index is 12.6. The zero-order valence-corrected chi connectivity index (χ0v) is 12.7. The number of benzene rings is 1. The summed E-state index contributed by atoms with van der Waals surface area (Å²) in [4.78, 5) is 20.8. The van der Waals surface area contributed by atoms with Gasteiger partial charge in [0, 0.05) is 13.2 Å². The van der Waals surface area contributed by atoms with Crippen LogP contribution in [0.15, 0.2) is 41.3 Å². The molecule has 2 heterocycles. The van der Waals surface area contributed by atoms with Crippen LogP contribution in [-0.2, 0) is 7.05 Å².